The highest BCUT2D eigenvalue weighted by Crippen LogP contribution is 2.37. The fourth-order valence-corrected chi connectivity index (χ4v) is 3.78. The Hall–Kier alpha value is -2.91. The number of piperidine rings is 1. The number of anilines is 1. The number of aromatic amines is 1. The fourth-order valence-electron chi connectivity index (χ4n) is 3.78. The van der Waals surface area contributed by atoms with Crippen LogP contribution in [0.2, 0.25) is 0 Å². The maximum atomic E-state index is 13.0. The van der Waals surface area contributed by atoms with Crippen LogP contribution in [-0.2, 0) is 6.18 Å². The van der Waals surface area contributed by atoms with Crippen LogP contribution in [0.25, 0.3) is 0 Å². The minimum Gasteiger partial charge on any atom is -0.350 e. The van der Waals surface area contributed by atoms with E-state index in [4.69, 9.17) is 0 Å². The van der Waals surface area contributed by atoms with Crippen LogP contribution in [0.4, 0.5) is 19.0 Å². The first-order valence-electron chi connectivity index (χ1n) is 9.49. The van der Waals surface area contributed by atoms with Crippen molar-refractivity contribution < 1.29 is 18.0 Å². The van der Waals surface area contributed by atoms with Crippen molar-refractivity contribution in [2.45, 2.75) is 43.9 Å². The van der Waals surface area contributed by atoms with Gasteiger partial charge in [0.2, 0.25) is 0 Å². The van der Waals surface area contributed by atoms with Crippen LogP contribution in [0.1, 0.15) is 41.7 Å². The first kappa shape index (κ1) is 19.4. The van der Waals surface area contributed by atoms with Crippen molar-refractivity contribution >= 4 is 11.7 Å². The predicted molar refractivity (Wildman–Crippen MR) is 98.5 cm³/mol. The van der Waals surface area contributed by atoms with Crippen molar-refractivity contribution in [2.75, 3.05) is 18.0 Å². The minimum atomic E-state index is -4.52. The van der Waals surface area contributed by atoms with E-state index in [2.05, 4.69) is 15.0 Å². The maximum Gasteiger partial charge on any atom is 0.433 e. The standard InChI is InChI=1S/C19H20F3N5O2/c20-19(21,22)15-10-16(25-11-24-15)27(12-3-4-12)13-5-8-26(9-6-13)18(29)14-2-1-7-23-17(14)28/h1-2,7,10-13H,3-6,8-9H2,(H,23,28). The van der Waals surface area contributed by atoms with Gasteiger partial charge in [-0.25, -0.2) is 9.97 Å². The van der Waals surface area contributed by atoms with Gasteiger partial charge < -0.3 is 14.8 Å². The van der Waals surface area contributed by atoms with Gasteiger partial charge in [0.15, 0.2) is 0 Å². The predicted octanol–water partition coefficient (Wildman–Crippen LogP) is 2.46. The lowest BCUT2D eigenvalue weighted by Gasteiger charge is -2.39. The Labute approximate surface area is 164 Å². The van der Waals surface area contributed by atoms with Gasteiger partial charge in [-0.1, -0.05) is 0 Å². The van der Waals surface area contributed by atoms with Crippen molar-refractivity contribution in [3.8, 4) is 0 Å². The summed E-state index contributed by atoms with van der Waals surface area (Å²) in [5.74, 6) is -0.0521. The van der Waals surface area contributed by atoms with E-state index in [1.54, 1.807) is 11.0 Å². The summed E-state index contributed by atoms with van der Waals surface area (Å²) < 4.78 is 39.1. The molecule has 1 aliphatic carbocycles. The summed E-state index contributed by atoms with van der Waals surface area (Å²) in [6.45, 7) is 0.858. The zero-order valence-corrected chi connectivity index (χ0v) is 15.5. The average molecular weight is 407 g/mol. The van der Waals surface area contributed by atoms with Gasteiger partial charge >= 0.3 is 6.18 Å². The number of halogens is 3. The van der Waals surface area contributed by atoms with E-state index in [0.717, 1.165) is 25.2 Å². The number of H-pyrrole nitrogens is 1. The zero-order valence-electron chi connectivity index (χ0n) is 15.5. The normalized spacial score (nSPS) is 18.0. The Morgan fingerprint density at radius 2 is 1.83 bits per heavy atom. The SMILES string of the molecule is O=C(c1ccc[nH]c1=O)N1CCC(N(c2cc(C(F)(F)F)ncn2)C2CC2)CC1. The largest absolute Gasteiger partial charge is 0.433 e. The molecule has 2 aromatic heterocycles. The molecule has 1 amide bonds. The number of rotatable bonds is 4. The second-order valence-corrected chi connectivity index (χ2v) is 7.33. The molecular formula is C19H20F3N5O2. The molecule has 0 radical (unpaired) electrons. The van der Waals surface area contributed by atoms with E-state index < -0.39 is 17.4 Å². The minimum absolute atomic E-state index is 0.0170. The average Bonchev–Trinajstić information content (AvgIpc) is 3.53. The second-order valence-electron chi connectivity index (χ2n) is 7.33. The van der Waals surface area contributed by atoms with E-state index in [1.807, 2.05) is 4.90 Å². The molecule has 2 fully saturated rings. The van der Waals surface area contributed by atoms with Crippen molar-refractivity contribution in [1.82, 2.24) is 19.9 Å². The molecule has 4 rings (SSSR count). The summed E-state index contributed by atoms with van der Waals surface area (Å²) in [4.78, 5) is 38.0. The molecule has 29 heavy (non-hydrogen) atoms. The molecule has 1 N–H and O–H groups in total. The lowest BCUT2D eigenvalue weighted by atomic mass is 10.0. The first-order chi connectivity index (χ1) is 13.8. The fraction of sp³-hybridized carbons (Fsp3) is 0.474. The summed E-state index contributed by atoms with van der Waals surface area (Å²) in [7, 11) is 0. The Morgan fingerprint density at radius 3 is 2.45 bits per heavy atom. The molecule has 0 bridgehead atoms. The van der Waals surface area contributed by atoms with Crippen LogP contribution in [0.15, 0.2) is 35.5 Å². The number of aromatic nitrogens is 3. The molecule has 3 heterocycles. The number of hydrogen-bond acceptors (Lipinski definition) is 5. The highest BCUT2D eigenvalue weighted by molar-refractivity contribution is 5.93. The summed E-state index contributed by atoms with van der Waals surface area (Å²) in [6, 6.07) is 4.23. The highest BCUT2D eigenvalue weighted by atomic mass is 19.4. The Bertz CT molecular complexity index is 949. The molecule has 2 aromatic rings. The number of nitrogens with zero attached hydrogens (tertiary/aromatic N) is 4. The lowest BCUT2D eigenvalue weighted by Crippen LogP contribution is -2.48. The molecule has 1 aliphatic heterocycles. The Balaban J connectivity index is 1.49. The molecule has 0 atom stereocenters. The summed E-state index contributed by atoms with van der Waals surface area (Å²) in [6.07, 6.45) is 0.902. The number of carbonyl (C=O) groups excluding carboxylic acids is 1. The summed E-state index contributed by atoms with van der Waals surface area (Å²) in [5.41, 5.74) is -1.29. The smallest absolute Gasteiger partial charge is 0.350 e. The van der Waals surface area contributed by atoms with E-state index in [-0.39, 0.29) is 29.4 Å². The molecule has 0 spiro atoms. The monoisotopic (exact) mass is 407 g/mol. The van der Waals surface area contributed by atoms with Crippen molar-refractivity contribution in [2.24, 2.45) is 0 Å². The number of nitrogens with one attached hydrogen (secondary N) is 1. The van der Waals surface area contributed by atoms with Gasteiger partial charge in [-0.2, -0.15) is 13.2 Å². The zero-order chi connectivity index (χ0) is 20.6. The van der Waals surface area contributed by atoms with Gasteiger partial charge in [0.25, 0.3) is 11.5 Å². The molecular weight excluding hydrogens is 387 g/mol. The molecule has 0 unspecified atom stereocenters. The van der Waals surface area contributed by atoms with Crippen LogP contribution in [0.5, 0.6) is 0 Å². The van der Waals surface area contributed by atoms with E-state index in [1.165, 1.54) is 12.3 Å². The van der Waals surface area contributed by atoms with Crippen molar-refractivity contribution in [3.05, 3.63) is 52.3 Å². The Kier molecular flexibility index (Phi) is 5.01. The number of amides is 1. The van der Waals surface area contributed by atoms with Crippen LogP contribution >= 0.6 is 0 Å². The van der Waals surface area contributed by atoms with E-state index in [0.29, 0.717) is 25.9 Å². The number of carbonyl (C=O) groups is 1. The molecule has 1 saturated heterocycles. The molecule has 1 saturated carbocycles. The Morgan fingerprint density at radius 1 is 1.14 bits per heavy atom. The van der Waals surface area contributed by atoms with Crippen LogP contribution in [0.3, 0.4) is 0 Å². The third-order valence-electron chi connectivity index (χ3n) is 5.34. The number of likely N-dealkylation sites (tertiary alicyclic amines) is 1. The van der Waals surface area contributed by atoms with E-state index >= 15 is 0 Å². The second kappa shape index (κ2) is 7.49. The van der Waals surface area contributed by atoms with Crippen LogP contribution in [0, 0.1) is 0 Å². The van der Waals surface area contributed by atoms with Crippen molar-refractivity contribution in [3.63, 3.8) is 0 Å². The van der Waals surface area contributed by atoms with Gasteiger partial charge in [-0.3, -0.25) is 9.59 Å². The molecule has 2 aliphatic rings. The maximum absolute atomic E-state index is 13.0. The van der Waals surface area contributed by atoms with E-state index in [9.17, 15) is 22.8 Å². The molecule has 0 aromatic carbocycles. The van der Waals surface area contributed by atoms with Gasteiger partial charge in [-0.05, 0) is 37.8 Å². The number of alkyl halides is 3. The summed E-state index contributed by atoms with van der Waals surface area (Å²) >= 11 is 0. The lowest BCUT2D eigenvalue weighted by molar-refractivity contribution is -0.141. The van der Waals surface area contributed by atoms with Gasteiger partial charge in [-0.15, -0.1) is 0 Å². The van der Waals surface area contributed by atoms with Crippen LogP contribution in [-0.4, -0.2) is 50.9 Å². The number of hydrogen-bond donors (Lipinski definition) is 1. The molecule has 10 heteroatoms. The van der Waals surface area contributed by atoms with Gasteiger partial charge in [0.1, 0.15) is 23.4 Å². The first-order valence-corrected chi connectivity index (χ1v) is 9.49. The summed E-state index contributed by atoms with van der Waals surface area (Å²) in [5, 5.41) is 0. The van der Waals surface area contributed by atoms with Crippen molar-refractivity contribution in [1.29, 1.82) is 0 Å². The molecule has 7 nitrogen and oxygen atoms in total. The number of pyridine rings is 1. The quantitative estimate of drug-likeness (QED) is 0.842. The van der Waals surface area contributed by atoms with Gasteiger partial charge in [0.05, 0.1) is 0 Å². The van der Waals surface area contributed by atoms with Crippen LogP contribution < -0.4 is 10.5 Å². The third kappa shape index (κ3) is 4.10. The topological polar surface area (TPSA) is 82.2 Å². The van der Waals surface area contributed by atoms with Gasteiger partial charge in [0, 0.05) is 37.4 Å². The highest BCUT2D eigenvalue weighted by Gasteiger charge is 2.39. The molecule has 154 valence electrons. The third-order valence-corrected chi connectivity index (χ3v) is 5.34.